The third-order valence-corrected chi connectivity index (χ3v) is 6.32. The molecule has 0 saturated carbocycles. The molecule has 128 valence electrons. The smallest absolute Gasteiger partial charge is 0.266 e. The van der Waals surface area contributed by atoms with Crippen molar-refractivity contribution in [1.82, 2.24) is 9.88 Å². The molecule has 0 aliphatic carbocycles. The Morgan fingerprint density at radius 3 is 2.71 bits per heavy atom. The Labute approximate surface area is 148 Å². The van der Waals surface area contributed by atoms with Crippen molar-refractivity contribution in [3.05, 3.63) is 51.5 Å². The largest absolute Gasteiger partial charge is 0.334 e. The highest BCUT2D eigenvalue weighted by Crippen LogP contribution is 2.35. The maximum atomic E-state index is 13.2. The second-order valence-electron chi connectivity index (χ2n) is 6.51. The van der Waals surface area contributed by atoms with Crippen LogP contribution in [-0.4, -0.2) is 28.4 Å². The summed E-state index contributed by atoms with van der Waals surface area (Å²) in [6, 6.07) is 10.9. The molecule has 1 saturated heterocycles. The van der Waals surface area contributed by atoms with Crippen molar-refractivity contribution in [2.24, 2.45) is 0 Å². The van der Waals surface area contributed by atoms with Gasteiger partial charge in [-0.3, -0.25) is 4.79 Å². The van der Waals surface area contributed by atoms with E-state index in [0.29, 0.717) is 12.0 Å². The standard InChI is InChI=1S/C20H26N2OS/c1-4-16(15-10-7-6-8-11-15)17-12-9-13-22(17)20(23)19-14(3)21-18(5-2)24-19/h6-8,10-11,16-17H,4-5,9,12-13H2,1-3H3/t16-,17-/m0/s1. The van der Waals surface area contributed by atoms with Gasteiger partial charge in [0.2, 0.25) is 0 Å². The van der Waals surface area contributed by atoms with Gasteiger partial charge in [0.25, 0.3) is 5.91 Å². The lowest BCUT2D eigenvalue weighted by Gasteiger charge is -2.31. The highest BCUT2D eigenvalue weighted by molar-refractivity contribution is 7.13. The van der Waals surface area contributed by atoms with Gasteiger partial charge < -0.3 is 4.90 Å². The van der Waals surface area contributed by atoms with Gasteiger partial charge in [-0.1, -0.05) is 44.2 Å². The Kier molecular flexibility index (Phi) is 5.34. The lowest BCUT2D eigenvalue weighted by atomic mass is 9.87. The first-order valence-corrected chi connectivity index (χ1v) is 9.79. The number of carbonyl (C=O) groups excluding carboxylic acids is 1. The lowest BCUT2D eigenvalue weighted by molar-refractivity contribution is 0.0718. The van der Waals surface area contributed by atoms with Gasteiger partial charge in [-0.2, -0.15) is 0 Å². The summed E-state index contributed by atoms with van der Waals surface area (Å²) in [5, 5.41) is 1.06. The number of hydrogen-bond acceptors (Lipinski definition) is 3. The van der Waals surface area contributed by atoms with E-state index in [1.165, 1.54) is 5.56 Å². The number of carbonyl (C=O) groups is 1. The van der Waals surface area contributed by atoms with E-state index in [1.807, 2.05) is 6.92 Å². The molecule has 24 heavy (non-hydrogen) atoms. The molecule has 4 heteroatoms. The van der Waals surface area contributed by atoms with E-state index in [0.717, 1.165) is 47.8 Å². The Balaban J connectivity index is 1.86. The minimum Gasteiger partial charge on any atom is -0.334 e. The fourth-order valence-corrected chi connectivity index (χ4v) is 4.79. The fourth-order valence-electron chi connectivity index (χ4n) is 3.83. The van der Waals surface area contributed by atoms with E-state index in [2.05, 4.69) is 54.1 Å². The number of aromatic nitrogens is 1. The number of likely N-dealkylation sites (tertiary alicyclic amines) is 1. The van der Waals surface area contributed by atoms with Crippen molar-refractivity contribution in [3.8, 4) is 0 Å². The number of aryl methyl sites for hydroxylation is 2. The van der Waals surface area contributed by atoms with E-state index in [-0.39, 0.29) is 5.91 Å². The van der Waals surface area contributed by atoms with Crippen molar-refractivity contribution >= 4 is 17.2 Å². The van der Waals surface area contributed by atoms with Crippen molar-refractivity contribution < 1.29 is 4.79 Å². The van der Waals surface area contributed by atoms with Crippen LogP contribution in [0.3, 0.4) is 0 Å². The molecule has 0 unspecified atom stereocenters. The molecule has 1 aromatic carbocycles. The summed E-state index contributed by atoms with van der Waals surface area (Å²) in [6.45, 7) is 7.15. The molecule has 2 heterocycles. The molecule has 3 rings (SSSR count). The Morgan fingerprint density at radius 1 is 1.33 bits per heavy atom. The Bertz CT molecular complexity index is 695. The van der Waals surface area contributed by atoms with Gasteiger partial charge in [-0.05, 0) is 38.2 Å². The molecule has 1 aliphatic rings. The van der Waals surface area contributed by atoms with Gasteiger partial charge >= 0.3 is 0 Å². The number of nitrogens with zero attached hydrogens (tertiary/aromatic N) is 2. The van der Waals surface area contributed by atoms with Gasteiger partial charge in [-0.15, -0.1) is 11.3 Å². The summed E-state index contributed by atoms with van der Waals surface area (Å²) in [5.41, 5.74) is 2.24. The van der Waals surface area contributed by atoms with Gasteiger partial charge in [0.1, 0.15) is 4.88 Å². The molecule has 2 aromatic rings. The molecule has 0 N–H and O–H groups in total. The zero-order chi connectivity index (χ0) is 17.1. The number of thiazole rings is 1. The topological polar surface area (TPSA) is 33.2 Å². The van der Waals surface area contributed by atoms with E-state index in [1.54, 1.807) is 11.3 Å². The number of benzene rings is 1. The van der Waals surface area contributed by atoms with E-state index < -0.39 is 0 Å². The van der Waals surface area contributed by atoms with Crippen LogP contribution in [0, 0.1) is 6.92 Å². The van der Waals surface area contributed by atoms with E-state index >= 15 is 0 Å². The average molecular weight is 343 g/mol. The highest BCUT2D eigenvalue weighted by atomic mass is 32.1. The monoisotopic (exact) mass is 342 g/mol. The van der Waals surface area contributed by atoms with Crippen LogP contribution in [0.1, 0.15) is 65.0 Å². The molecule has 1 fully saturated rings. The highest BCUT2D eigenvalue weighted by Gasteiger charge is 2.36. The first-order chi connectivity index (χ1) is 11.7. The Morgan fingerprint density at radius 2 is 2.08 bits per heavy atom. The van der Waals surface area contributed by atoms with Crippen molar-refractivity contribution in [2.75, 3.05) is 6.54 Å². The van der Waals surface area contributed by atoms with Crippen molar-refractivity contribution in [1.29, 1.82) is 0 Å². The zero-order valence-corrected chi connectivity index (χ0v) is 15.6. The van der Waals surface area contributed by atoms with Crippen LogP contribution < -0.4 is 0 Å². The number of rotatable bonds is 5. The third kappa shape index (κ3) is 3.25. The lowest BCUT2D eigenvalue weighted by Crippen LogP contribution is -2.39. The molecule has 0 bridgehead atoms. The molecule has 0 spiro atoms. The third-order valence-electron chi connectivity index (χ3n) is 5.03. The first-order valence-electron chi connectivity index (χ1n) is 8.97. The summed E-state index contributed by atoms with van der Waals surface area (Å²) < 4.78 is 0. The van der Waals surface area contributed by atoms with Crippen LogP contribution in [0.25, 0.3) is 0 Å². The summed E-state index contributed by atoms with van der Waals surface area (Å²) in [5.74, 6) is 0.595. The molecule has 1 amide bonds. The second kappa shape index (κ2) is 7.47. The summed E-state index contributed by atoms with van der Waals surface area (Å²) in [7, 11) is 0. The molecule has 0 radical (unpaired) electrons. The van der Waals surface area contributed by atoms with E-state index in [4.69, 9.17) is 0 Å². The van der Waals surface area contributed by atoms with Gasteiger partial charge in [-0.25, -0.2) is 4.98 Å². The molecular formula is C20H26N2OS. The molecular weight excluding hydrogens is 316 g/mol. The molecule has 2 atom stereocenters. The van der Waals surface area contributed by atoms with E-state index in [9.17, 15) is 4.79 Å². The molecule has 1 aromatic heterocycles. The Hall–Kier alpha value is -1.68. The van der Waals surface area contributed by atoms with Crippen LogP contribution in [0.4, 0.5) is 0 Å². The molecule has 1 aliphatic heterocycles. The maximum Gasteiger partial charge on any atom is 0.266 e. The van der Waals surface area contributed by atoms with Crippen LogP contribution in [0.2, 0.25) is 0 Å². The normalized spacial score (nSPS) is 18.8. The summed E-state index contributed by atoms with van der Waals surface area (Å²) >= 11 is 1.57. The van der Waals surface area contributed by atoms with Gasteiger partial charge in [0.05, 0.1) is 10.7 Å². The van der Waals surface area contributed by atoms with Crippen molar-refractivity contribution in [3.63, 3.8) is 0 Å². The average Bonchev–Trinajstić information content (AvgIpc) is 3.23. The minimum atomic E-state index is 0.182. The van der Waals surface area contributed by atoms with Gasteiger partial charge in [0.15, 0.2) is 0 Å². The first kappa shape index (κ1) is 17.2. The SMILES string of the molecule is CCc1nc(C)c(C(=O)N2CCC[C@H]2[C@@H](CC)c2ccccc2)s1. The second-order valence-corrected chi connectivity index (χ2v) is 7.59. The fraction of sp³-hybridized carbons (Fsp3) is 0.500. The number of hydrogen-bond donors (Lipinski definition) is 0. The van der Waals surface area contributed by atoms with Crippen LogP contribution >= 0.6 is 11.3 Å². The quantitative estimate of drug-likeness (QED) is 0.781. The predicted molar refractivity (Wildman–Crippen MR) is 99.8 cm³/mol. The predicted octanol–water partition coefficient (Wildman–Crippen LogP) is 4.81. The summed E-state index contributed by atoms with van der Waals surface area (Å²) in [4.78, 5) is 20.6. The van der Waals surface area contributed by atoms with Crippen LogP contribution in [0.15, 0.2) is 30.3 Å². The molecule has 3 nitrogen and oxygen atoms in total. The summed E-state index contributed by atoms with van der Waals surface area (Å²) in [6.07, 6.45) is 4.14. The zero-order valence-electron chi connectivity index (χ0n) is 14.8. The van der Waals surface area contributed by atoms with Crippen molar-refractivity contribution in [2.45, 2.75) is 58.4 Å². The maximum absolute atomic E-state index is 13.2. The van der Waals surface area contributed by atoms with Crippen LogP contribution in [0.5, 0.6) is 0 Å². The number of amides is 1. The van der Waals surface area contributed by atoms with Gasteiger partial charge in [0, 0.05) is 18.5 Å². The minimum absolute atomic E-state index is 0.182. The van der Waals surface area contributed by atoms with Crippen LogP contribution in [-0.2, 0) is 6.42 Å².